The second kappa shape index (κ2) is 6.65. The summed E-state index contributed by atoms with van der Waals surface area (Å²) in [5.41, 5.74) is 2.64. The molecule has 1 fully saturated rings. The van der Waals surface area contributed by atoms with Crippen LogP contribution < -0.4 is 10.2 Å². The van der Waals surface area contributed by atoms with Crippen molar-refractivity contribution in [2.45, 2.75) is 25.4 Å². The first-order chi connectivity index (χ1) is 12.5. The first-order valence-corrected chi connectivity index (χ1v) is 9.17. The van der Waals surface area contributed by atoms with Crippen molar-refractivity contribution < 1.29 is 9.59 Å². The molecule has 2 aliphatic rings. The van der Waals surface area contributed by atoms with Gasteiger partial charge in [0.05, 0.1) is 11.3 Å². The lowest BCUT2D eigenvalue weighted by molar-refractivity contribution is 0.0589. The van der Waals surface area contributed by atoms with Crippen LogP contribution in [0.25, 0.3) is 0 Å². The van der Waals surface area contributed by atoms with Crippen LogP contribution in [0.1, 0.15) is 40.0 Å². The Morgan fingerprint density at radius 2 is 2.04 bits per heavy atom. The molecule has 2 amide bonds. The van der Waals surface area contributed by atoms with Gasteiger partial charge in [-0.05, 0) is 55.7 Å². The molecule has 2 aromatic carbocycles. The fourth-order valence-electron chi connectivity index (χ4n) is 3.78. The average Bonchev–Trinajstić information content (AvgIpc) is 2.65. The molecule has 0 bridgehead atoms. The van der Waals surface area contributed by atoms with Gasteiger partial charge in [-0.3, -0.25) is 9.59 Å². The van der Waals surface area contributed by atoms with E-state index in [1.807, 2.05) is 11.9 Å². The maximum Gasteiger partial charge on any atom is 0.257 e. The van der Waals surface area contributed by atoms with Crippen molar-refractivity contribution in [1.82, 2.24) is 4.90 Å². The van der Waals surface area contributed by atoms with Gasteiger partial charge in [-0.15, -0.1) is 0 Å². The molecule has 1 N–H and O–H groups in total. The quantitative estimate of drug-likeness (QED) is 0.870. The summed E-state index contributed by atoms with van der Waals surface area (Å²) in [5, 5.41) is 3.42. The molecule has 5 nitrogen and oxygen atoms in total. The van der Waals surface area contributed by atoms with Crippen molar-refractivity contribution in [2.75, 3.05) is 23.8 Å². The Morgan fingerprint density at radius 1 is 1.19 bits per heavy atom. The summed E-state index contributed by atoms with van der Waals surface area (Å²) in [6.07, 6.45) is 3.20. The molecule has 26 heavy (non-hydrogen) atoms. The number of piperidine rings is 1. The van der Waals surface area contributed by atoms with Crippen LogP contribution in [0, 0.1) is 0 Å². The Morgan fingerprint density at radius 3 is 2.85 bits per heavy atom. The summed E-state index contributed by atoms with van der Waals surface area (Å²) < 4.78 is 0. The Balaban J connectivity index is 1.63. The molecule has 2 aliphatic heterocycles. The SMILES string of the molecule is CN1c2cc(C(=O)Nc3cccc(Cl)c3)ccc2C(=O)N2CCCC[C@@H]21. The number of anilines is 2. The maximum atomic E-state index is 12.8. The molecular weight excluding hydrogens is 350 g/mol. The van der Waals surface area contributed by atoms with Gasteiger partial charge >= 0.3 is 0 Å². The first-order valence-electron chi connectivity index (χ1n) is 8.79. The number of fused-ring (bicyclic) bond motifs is 2. The number of nitrogens with one attached hydrogen (secondary N) is 1. The minimum absolute atomic E-state index is 0.0598. The summed E-state index contributed by atoms with van der Waals surface area (Å²) in [7, 11) is 1.99. The van der Waals surface area contributed by atoms with E-state index in [-0.39, 0.29) is 18.0 Å². The van der Waals surface area contributed by atoms with Gasteiger partial charge in [0.25, 0.3) is 11.8 Å². The number of rotatable bonds is 2. The lowest BCUT2D eigenvalue weighted by Gasteiger charge is -2.46. The van der Waals surface area contributed by atoms with Crippen molar-refractivity contribution in [3.05, 3.63) is 58.6 Å². The van der Waals surface area contributed by atoms with Crippen molar-refractivity contribution in [1.29, 1.82) is 0 Å². The molecule has 1 saturated heterocycles. The van der Waals surface area contributed by atoms with E-state index >= 15 is 0 Å². The van der Waals surface area contributed by atoms with Gasteiger partial charge in [0.2, 0.25) is 0 Å². The number of carbonyl (C=O) groups excluding carboxylic acids is 2. The third-order valence-electron chi connectivity index (χ3n) is 5.13. The molecule has 0 aliphatic carbocycles. The van der Waals surface area contributed by atoms with Gasteiger partial charge in [-0.25, -0.2) is 0 Å². The van der Waals surface area contributed by atoms with Crippen molar-refractivity contribution in [3.8, 4) is 0 Å². The normalized spacial score (nSPS) is 19.0. The minimum Gasteiger partial charge on any atom is -0.354 e. The predicted molar refractivity (Wildman–Crippen MR) is 103 cm³/mol. The van der Waals surface area contributed by atoms with Crippen LogP contribution in [-0.4, -0.2) is 36.5 Å². The Labute approximate surface area is 157 Å². The maximum absolute atomic E-state index is 12.8. The predicted octanol–water partition coefficient (Wildman–Crippen LogP) is 3.99. The first kappa shape index (κ1) is 16.9. The van der Waals surface area contributed by atoms with Crippen molar-refractivity contribution in [2.24, 2.45) is 0 Å². The number of benzene rings is 2. The molecule has 1 atom stereocenters. The number of nitrogens with zero attached hydrogens (tertiary/aromatic N) is 2. The Hall–Kier alpha value is -2.53. The third kappa shape index (κ3) is 2.92. The number of hydrogen-bond donors (Lipinski definition) is 1. The molecule has 0 spiro atoms. The second-order valence-corrected chi connectivity index (χ2v) is 7.22. The van der Waals surface area contributed by atoms with Crippen LogP contribution in [0.5, 0.6) is 0 Å². The third-order valence-corrected chi connectivity index (χ3v) is 5.37. The van der Waals surface area contributed by atoms with Gasteiger partial charge in [0.1, 0.15) is 6.17 Å². The zero-order valence-electron chi connectivity index (χ0n) is 14.5. The molecule has 2 heterocycles. The van der Waals surface area contributed by atoms with Gasteiger partial charge in [0.15, 0.2) is 0 Å². The van der Waals surface area contributed by atoms with Crippen LogP contribution in [0.4, 0.5) is 11.4 Å². The van der Waals surface area contributed by atoms with Crippen LogP contribution >= 0.6 is 11.6 Å². The van der Waals surface area contributed by atoms with Crippen molar-refractivity contribution in [3.63, 3.8) is 0 Å². The highest BCUT2D eigenvalue weighted by atomic mass is 35.5. The van der Waals surface area contributed by atoms with Crippen LogP contribution in [0.15, 0.2) is 42.5 Å². The van der Waals surface area contributed by atoms with E-state index in [0.717, 1.165) is 31.5 Å². The van der Waals surface area contributed by atoms with E-state index in [9.17, 15) is 9.59 Å². The lowest BCUT2D eigenvalue weighted by atomic mass is 9.97. The summed E-state index contributed by atoms with van der Waals surface area (Å²) in [6, 6.07) is 12.3. The van der Waals surface area contributed by atoms with E-state index in [1.54, 1.807) is 42.5 Å². The second-order valence-electron chi connectivity index (χ2n) is 6.78. The average molecular weight is 370 g/mol. The number of amides is 2. The molecule has 6 heteroatoms. The largest absolute Gasteiger partial charge is 0.354 e. The summed E-state index contributed by atoms with van der Waals surface area (Å²) in [5.74, 6) is -0.161. The van der Waals surface area contributed by atoms with Gasteiger partial charge in [-0.2, -0.15) is 0 Å². The van der Waals surface area contributed by atoms with E-state index in [1.165, 1.54) is 0 Å². The molecule has 0 saturated carbocycles. The standard InChI is InChI=1S/C20H20ClN3O2/c1-23-17-11-13(19(25)22-15-6-4-5-14(21)12-15)8-9-16(17)20(26)24-10-3-2-7-18(23)24/h4-6,8-9,11-12,18H,2-3,7,10H2,1H3,(H,22,25)/t18-/m1/s1. The summed E-state index contributed by atoms with van der Waals surface area (Å²) in [6.45, 7) is 0.796. The molecule has 4 rings (SSSR count). The monoisotopic (exact) mass is 369 g/mol. The van der Waals surface area contributed by atoms with Crippen LogP contribution in [0.2, 0.25) is 5.02 Å². The number of halogens is 1. The van der Waals surface area contributed by atoms with Gasteiger partial charge in [0, 0.05) is 29.9 Å². The highest BCUT2D eigenvalue weighted by Crippen LogP contribution is 2.35. The fourth-order valence-corrected chi connectivity index (χ4v) is 3.97. The Kier molecular flexibility index (Phi) is 4.32. The molecule has 134 valence electrons. The smallest absolute Gasteiger partial charge is 0.257 e. The number of carbonyl (C=O) groups is 2. The summed E-state index contributed by atoms with van der Waals surface area (Å²) in [4.78, 5) is 29.5. The molecule has 0 radical (unpaired) electrons. The fraction of sp³-hybridized carbons (Fsp3) is 0.300. The zero-order chi connectivity index (χ0) is 18.3. The zero-order valence-corrected chi connectivity index (χ0v) is 15.3. The van der Waals surface area contributed by atoms with Crippen LogP contribution in [-0.2, 0) is 0 Å². The Bertz CT molecular complexity index is 883. The van der Waals surface area contributed by atoms with Crippen molar-refractivity contribution >= 4 is 34.8 Å². The van der Waals surface area contributed by atoms with E-state index in [2.05, 4.69) is 10.2 Å². The lowest BCUT2D eigenvalue weighted by Crippen LogP contribution is -2.55. The highest BCUT2D eigenvalue weighted by Gasteiger charge is 2.37. The van der Waals surface area contributed by atoms with Gasteiger partial charge < -0.3 is 15.1 Å². The number of hydrogen-bond acceptors (Lipinski definition) is 3. The van der Waals surface area contributed by atoms with E-state index < -0.39 is 0 Å². The topological polar surface area (TPSA) is 52.7 Å². The molecular formula is C20H20ClN3O2. The molecule has 0 unspecified atom stereocenters. The van der Waals surface area contributed by atoms with E-state index in [4.69, 9.17) is 11.6 Å². The van der Waals surface area contributed by atoms with Crippen LogP contribution in [0.3, 0.4) is 0 Å². The van der Waals surface area contributed by atoms with E-state index in [0.29, 0.717) is 21.8 Å². The minimum atomic E-state index is -0.220. The highest BCUT2D eigenvalue weighted by molar-refractivity contribution is 6.31. The summed E-state index contributed by atoms with van der Waals surface area (Å²) >= 11 is 5.97. The molecule has 0 aromatic heterocycles. The van der Waals surface area contributed by atoms with Gasteiger partial charge in [-0.1, -0.05) is 17.7 Å². The molecule has 2 aromatic rings.